The second kappa shape index (κ2) is 9.03. The molecular formula is C18H17ClFNO4. The van der Waals surface area contributed by atoms with Crippen LogP contribution in [-0.4, -0.2) is 24.6 Å². The minimum atomic E-state index is -0.810. The van der Waals surface area contributed by atoms with Crippen molar-refractivity contribution in [3.05, 3.63) is 59.4 Å². The number of rotatable bonds is 7. The zero-order chi connectivity index (χ0) is 18.2. The molecular weight excluding hydrogens is 349 g/mol. The molecule has 132 valence electrons. The van der Waals surface area contributed by atoms with Crippen LogP contribution in [0.15, 0.2) is 48.5 Å². The van der Waals surface area contributed by atoms with Crippen molar-refractivity contribution in [2.24, 2.45) is 0 Å². The van der Waals surface area contributed by atoms with Gasteiger partial charge in [-0.3, -0.25) is 4.79 Å². The van der Waals surface area contributed by atoms with Gasteiger partial charge in [-0.1, -0.05) is 36.7 Å². The Morgan fingerprint density at radius 1 is 1.20 bits per heavy atom. The molecule has 2 rings (SSSR count). The highest BCUT2D eigenvalue weighted by Gasteiger charge is 2.21. The minimum Gasteiger partial charge on any atom is -0.479 e. The largest absolute Gasteiger partial charge is 0.479 e. The number of hydrogen-bond acceptors (Lipinski definition) is 4. The van der Waals surface area contributed by atoms with Gasteiger partial charge >= 0.3 is 5.97 Å². The third-order valence-electron chi connectivity index (χ3n) is 3.20. The molecule has 0 saturated heterocycles. The van der Waals surface area contributed by atoms with E-state index in [1.807, 2.05) is 6.07 Å². The van der Waals surface area contributed by atoms with Crippen molar-refractivity contribution in [3.8, 4) is 5.75 Å². The van der Waals surface area contributed by atoms with Crippen LogP contribution in [0.1, 0.15) is 13.3 Å². The van der Waals surface area contributed by atoms with E-state index in [9.17, 15) is 14.0 Å². The number of carbonyl (C=O) groups is 2. The van der Waals surface area contributed by atoms with Crippen LogP contribution in [0.4, 0.5) is 10.1 Å². The number of amides is 1. The maximum absolute atomic E-state index is 13.1. The second-order valence-electron chi connectivity index (χ2n) is 5.11. The summed E-state index contributed by atoms with van der Waals surface area (Å²) in [5.74, 6) is -1.25. The van der Waals surface area contributed by atoms with E-state index in [0.717, 1.165) is 6.07 Å². The third-order valence-corrected chi connectivity index (χ3v) is 3.49. The van der Waals surface area contributed by atoms with E-state index in [2.05, 4.69) is 5.32 Å². The second-order valence-corrected chi connectivity index (χ2v) is 5.52. The fraction of sp³-hybridized carbons (Fsp3) is 0.222. The van der Waals surface area contributed by atoms with Gasteiger partial charge < -0.3 is 14.8 Å². The summed E-state index contributed by atoms with van der Waals surface area (Å²) in [6.45, 7) is 1.29. The Labute approximate surface area is 149 Å². The van der Waals surface area contributed by atoms with Crippen molar-refractivity contribution in [1.29, 1.82) is 0 Å². The van der Waals surface area contributed by atoms with Crippen molar-refractivity contribution in [3.63, 3.8) is 0 Å². The fourth-order valence-corrected chi connectivity index (χ4v) is 2.14. The first-order valence-electron chi connectivity index (χ1n) is 7.63. The van der Waals surface area contributed by atoms with Crippen LogP contribution in [0.5, 0.6) is 5.75 Å². The van der Waals surface area contributed by atoms with Crippen LogP contribution in [-0.2, 0) is 14.3 Å². The van der Waals surface area contributed by atoms with Gasteiger partial charge in [0, 0.05) is 5.69 Å². The molecule has 1 atom stereocenters. The molecule has 0 bridgehead atoms. The van der Waals surface area contributed by atoms with Crippen LogP contribution in [0.3, 0.4) is 0 Å². The molecule has 0 fully saturated rings. The molecule has 0 aliphatic carbocycles. The summed E-state index contributed by atoms with van der Waals surface area (Å²) >= 11 is 5.63. The molecule has 2 aromatic carbocycles. The molecule has 25 heavy (non-hydrogen) atoms. The SMILES string of the molecule is CC[C@H](Oc1ccccc1)C(=O)OCC(=O)Nc1ccc(F)c(Cl)c1. The van der Waals surface area contributed by atoms with Crippen LogP contribution >= 0.6 is 11.6 Å². The first kappa shape index (κ1) is 18.7. The zero-order valence-corrected chi connectivity index (χ0v) is 14.3. The predicted molar refractivity (Wildman–Crippen MR) is 92.1 cm³/mol. The maximum Gasteiger partial charge on any atom is 0.347 e. The molecule has 7 heteroatoms. The minimum absolute atomic E-state index is 0.114. The highest BCUT2D eigenvalue weighted by molar-refractivity contribution is 6.31. The Balaban J connectivity index is 1.84. The summed E-state index contributed by atoms with van der Waals surface area (Å²) in [5, 5.41) is 2.35. The lowest BCUT2D eigenvalue weighted by atomic mass is 10.2. The molecule has 0 heterocycles. The first-order valence-corrected chi connectivity index (χ1v) is 8.00. The number of nitrogens with one attached hydrogen (secondary N) is 1. The molecule has 0 unspecified atom stereocenters. The Kier molecular flexibility index (Phi) is 6.77. The van der Waals surface area contributed by atoms with Gasteiger partial charge in [0.05, 0.1) is 5.02 Å². The van der Waals surface area contributed by atoms with Crippen LogP contribution in [0.2, 0.25) is 5.02 Å². The number of para-hydroxylation sites is 1. The number of halogens is 2. The molecule has 0 aliphatic heterocycles. The van der Waals surface area contributed by atoms with Gasteiger partial charge in [0.2, 0.25) is 0 Å². The van der Waals surface area contributed by atoms with Gasteiger partial charge in [0.25, 0.3) is 5.91 Å². The number of esters is 1. The summed E-state index contributed by atoms with van der Waals surface area (Å²) in [4.78, 5) is 23.9. The number of anilines is 1. The summed E-state index contributed by atoms with van der Waals surface area (Å²) in [5.41, 5.74) is 0.306. The lowest BCUT2D eigenvalue weighted by Gasteiger charge is -2.16. The molecule has 0 aromatic heterocycles. The number of hydrogen-bond donors (Lipinski definition) is 1. The summed E-state index contributed by atoms with van der Waals surface area (Å²) in [7, 11) is 0. The highest BCUT2D eigenvalue weighted by atomic mass is 35.5. The molecule has 1 amide bonds. The van der Waals surface area contributed by atoms with E-state index in [-0.39, 0.29) is 5.02 Å². The Bertz CT molecular complexity index is 739. The van der Waals surface area contributed by atoms with Crippen molar-refractivity contribution in [2.45, 2.75) is 19.4 Å². The van der Waals surface area contributed by atoms with Gasteiger partial charge in [-0.15, -0.1) is 0 Å². The standard InChI is InChI=1S/C18H17ClFNO4/c1-2-16(25-13-6-4-3-5-7-13)18(23)24-11-17(22)21-12-8-9-15(20)14(19)10-12/h3-10,16H,2,11H2,1H3,(H,21,22)/t16-/m0/s1. The topological polar surface area (TPSA) is 64.6 Å². The van der Waals surface area contributed by atoms with Crippen LogP contribution in [0.25, 0.3) is 0 Å². The molecule has 0 aliphatic rings. The van der Waals surface area contributed by atoms with Crippen LogP contribution in [0, 0.1) is 5.82 Å². The zero-order valence-electron chi connectivity index (χ0n) is 13.5. The van der Waals surface area contributed by atoms with E-state index < -0.39 is 30.4 Å². The lowest BCUT2D eigenvalue weighted by Crippen LogP contribution is -2.31. The quantitative estimate of drug-likeness (QED) is 0.757. The molecule has 1 N–H and O–H groups in total. The summed E-state index contributed by atoms with van der Waals surface area (Å²) in [6.07, 6.45) is -0.418. The highest BCUT2D eigenvalue weighted by Crippen LogP contribution is 2.19. The number of carbonyl (C=O) groups excluding carboxylic acids is 2. The van der Waals surface area contributed by atoms with E-state index >= 15 is 0 Å². The third kappa shape index (κ3) is 5.76. The smallest absolute Gasteiger partial charge is 0.347 e. The van der Waals surface area contributed by atoms with Gasteiger partial charge in [0.1, 0.15) is 11.6 Å². The monoisotopic (exact) mass is 365 g/mol. The lowest BCUT2D eigenvalue weighted by molar-refractivity contribution is -0.154. The van der Waals surface area contributed by atoms with Crippen molar-refractivity contribution in [1.82, 2.24) is 0 Å². The number of benzene rings is 2. The summed E-state index contributed by atoms with van der Waals surface area (Å²) < 4.78 is 23.6. The average Bonchev–Trinajstić information content (AvgIpc) is 2.61. The molecule has 0 radical (unpaired) electrons. The van der Waals surface area contributed by atoms with E-state index in [4.69, 9.17) is 21.1 Å². The Morgan fingerprint density at radius 2 is 1.92 bits per heavy atom. The maximum atomic E-state index is 13.1. The average molecular weight is 366 g/mol. The van der Waals surface area contributed by atoms with Crippen molar-refractivity contribution < 1.29 is 23.5 Å². The number of ether oxygens (including phenoxy) is 2. The summed E-state index contributed by atoms with van der Waals surface area (Å²) in [6, 6.07) is 12.6. The van der Waals surface area contributed by atoms with Gasteiger partial charge in [0.15, 0.2) is 12.7 Å². The van der Waals surface area contributed by atoms with Crippen LogP contribution < -0.4 is 10.1 Å². The predicted octanol–water partition coefficient (Wildman–Crippen LogP) is 3.82. The van der Waals surface area contributed by atoms with E-state index in [1.165, 1.54) is 12.1 Å². The molecule has 0 spiro atoms. The van der Waals surface area contributed by atoms with E-state index in [0.29, 0.717) is 17.9 Å². The van der Waals surface area contributed by atoms with Gasteiger partial charge in [-0.25, -0.2) is 9.18 Å². The van der Waals surface area contributed by atoms with Crippen molar-refractivity contribution >= 4 is 29.2 Å². The fourth-order valence-electron chi connectivity index (χ4n) is 1.96. The van der Waals surface area contributed by atoms with Crippen molar-refractivity contribution in [2.75, 3.05) is 11.9 Å². The Morgan fingerprint density at radius 3 is 2.56 bits per heavy atom. The molecule has 5 nitrogen and oxygen atoms in total. The first-order chi connectivity index (χ1) is 12.0. The molecule has 0 saturated carbocycles. The van der Waals surface area contributed by atoms with Gasteiger partial charge in [-0.2, -0.15) is 0 Å². The van der Waals surface area contributed by atoms with E-state index in [1.54, 1.807) is 31.2 Å². The normalized spacial score (nSPS) is 11.5. The van der Waals surface area contributed by atoms with Gasteiger partial charge in [-0.05, 0) is 36.8 Å². The Hall–Kier alpha value is -2.60. The molecule has 2 aromatic rings.